The van der Waals surface area contributed by atoms with Gasteiger partial charge in [-0.25, -0.2) is 17.8 Å². The molecule has 5 aromatic heterocycles. The molecule has 1 aromatic carbocycles. The van der Waals surface area contributed by atoms with Gasteiger partial charge in [-0.1, -0.05) is 19.9 Å². The van der Waals surface area contributed by atoms with E-state index in [1.54, 1.807) is 37.1 Å². The van der Waals surface area contributed by atoms with E-state index < -0.39 is 15.7 Å². The van der Waals surface area contributed by atoms with Crippen molar-refractivity contribution in [2.45, 2.75) is 26.7 Å². The van der Waals surface area contributed by atoms with Gasteiger partial charge in [0.15, 0.2) is 5.65 Å². The summed E-state index contributed by atoms with van der Waals surface area (Å²) in [6, 6.07) is 10.3. The number of hydrogen-bond acceptors (Lipinski definition) is 7. The Hall–Kier alpha value is -4.97. The van der Waals surface area contributed by atoms with Gasteiger partial charge in [-0.3, -0.25) is 19.9 Å². The lowest BCUT2D eigenvalue weighted by Gasteiger charge is -2.08. The molecule has 0 spiro atoms. The molecule has 3 N–H and O–H groups in total. The normalized spacial score (nSPS) is 11.9. The quantitative estimate of drug-likeness (QED) is 0.183. The number of benzene rings is 1. The molecule has 0 fully saturated rings. The molecule has 0 aliphatic carbocycles. The highest BCUT2D eigenvalue weighted by molar-refractivity contribution is 7.90. The summed E-state index contributed by atoms with van der Waals surface area (Å²) < 4.78 is 38.0. The van der Waals surface area contributed by atoms with E-state index in [0.717, 1.165) is 33.1 Å². The van der Waals surface area contributed by atoms with Crippen LogP contribution in [0.15, 0.2) is 67.4 Å². The van der Waals surface area contributed by atoms with Gasteiger partial charge >= 0.3 is 0 Å². The Labute approximate surface area is 253 Å². The summed E-state index contributed by atoms with van der Waals surface area (Å²) >= 11 is 0. The van der Waals surface area contributed by atoms with Gasteiger partial charge in [0.05, 0.1) is 40.7 Å². The van der Waals surface area contributed by atoms with Gasteiger partial charge in [0.25, 0.3) is 0 Å². The Kier molecular flexibility index (Phi) is 7.68. The van der Waals surface area contributed by atoms with E-state index in [2.05, 4.69) is 35.5 Å². The molecule has 1 amide bonds. The lowest BCUT2D eigenvalue weighted by atomic mass is 10.0. The first-order chi connectivity index (χ1) is 21.0. The number of aromatic amines is 2. The van der Waals surface area contributed by atoms with Crippen molar-refractivity contribution in [2.24, 2.45) is 5.92 Å². The lowest BCUT2D eigenvalue weighted by Crippen LogP contribution is -2.13. The van der Waals surface area contributed by atoms with E-state index >= 15 is 0 Å². The number of H-pyrrole nitrogens is 2. The summed E-state index contributed by atoms with van der Waals surface area (Å²) in [6.07, 6.45) is 10.2. The standard InChI is InChI=1S/C32H30FN7O3S/c1-18(2)6-30(41)37-24-10-21(13-34-15-24)22-11-26-31(39-40-32(26)36-14-22)28-12-25-27(16-35-17-29(25)38-28)20-7-19(8-23(33)9-20)4-5-44(3,42)43/h7-18,38H,4-6H2,1-3H3,(H,37,41)(H,36,39,40). The van der Waals surface area contributed by atoms with Crippen LogP contribution in [-0.4, -0.2) is 56.5 Å². The van der Waals surface area contributed by atoms with E-state index in [-0.39, 0.29) is 24.0 Å². The Balaban J connectivity index is 1.36. The average Bonchev–Trinajstić information content (AvgIpc) is 3.59. The molecule has 44 heavy (non-hydrogen) atoms. The van der Waals surface area contributed by atoms with E-state index in [9.17, 15) is 17.6 Å². The van der Waals surface area contributed by atoms with Gasteiger partial charge in [0.1, 0.15) is 15.7 Å². The second-order valence-electron chi connectivity index (χ2n) is 11.4. The first-order valence-corrected chi connectivity index (χ1v) is 16.1. The van der Waals surface area contributed by atoms with Crippen LogP contribution >= 0.6 is 0 Å². The predicted octanol–water partition coefficient (Wildman–Crippen LogP) is 5.94. The molecule has 0 atom stereocenters. The third kappa shape index (κ3) is 6.35. The monoisotopic (exact) mass is 611 g/mol. The Morgan fingerprint density at radius 1 is 0.932 bits per heavy atom. The van der Waals surface area contributed by atoms with Crippen molar-refractivity contribution in [1.29, 1.82) is 0 Å². The number of nitrogens with zero attached hydrogens (tertiary/aromatic N) is 4. The van der Waals surface area contributed by atoms with E-state index in [0.29, 0.717) is 40.1 Å². The number of aromatic nitrogens is 6. The zero-order valence-electron chi connectivity index (χ0n) is 24.3. The molecule has 6 rings (SSSR count). The first-order valence-electron chi connectivity index (χ1n) is 14.1. The van der Waals surface area contributed by atoms with Gasteiger partial charge < -0.3 is 10.3 Å². The summed E-state index contributed by atoms with van der Waals surface area (Å²) in [6.45, 7) is 3.98. The number of aryl methyl sites for hydroxylation is 1. The van der Waals surface area contributed by atoms with Crippen LogP contribution in [0.1, 0.15) is 25.8 Å². The second kappa shape index (κ2) is 11.6. The molecular weight excluding hydrogens is 581 g/mol. The van der Waals surface area contributed by atoms with E-state index in [4.69, 9.17) is 0 Å². The second-order valence-corrected chi connectivity index (χ2v) is 13.6. The van der Waals surface area contributed by atoms with Gasteiger partial charge in [0.2, 0.25) is 5.91 Å². The van der Waals surface area contributed by atoms with Crippen LogP contribution in [0.25, 0.3) is 55.6 Å². The third-order valence-corrected chi connectivity index (χ3v) is 8.15. The molecule has 0 bridgehead atoms. The third-order valence-electron chi connectivity index (χ3n) is 7.20. The summed E-state index contributed by atoms with van der Waals surface area (Å²) in [5.74, 6) is -0.342. The molecule has 6 aromatic rings. The molecule has 0 saturated heterocycles. The Bertz CT molecular complexity index is 2140. The van der Waals surface area contributed by atoms with Crippen molar-refractivity contribution in [3.8, 4) is 33.6 Å². The number of nitrogens with one attached hydrogen (secondary N) is 3. The number of amides is 1. The smallest absolute Gasteiger partial charge is 0.224 e. The topological polar surface area (TPSA) is 146 Å². The number of rotatable bonds is 9. The highest BCUT2D eigenvalue weighted by atomic mass is 32.2. The molecule has 0 radical (unpaired) electrons. The summed E-state index contributed by atoms with van der Waals surface area (Å²) in [5, 5.41) is 12.0. The van der Waals surface area contributed by atoms with Gasteiger partial charge in [-0.05, 0) is 53.8 Å². The number of hydrogen-bond donors (Lipinski definition) is 3. The molecular formula is C32H30FN7O3S. The lowest BCUT2D eigenvalue weighted by molar-refractivity contribution is -0.116. The zero-order chi connectivity index (χ0) is 31.0. The molecule has 12 heteroatoms. The van der Waals surface area contributed by atoms with Crippen LogP contribution in [0.5, 0.6) is 0 Å². The predicted molar refractivity (Wildman–Crippen MR) is 169 cm³/mol. The van der Waals surface area contributed by atoms with Crippen LogP contribution in [0, 0.1) is 11.7 Å². The molecule has 0 saturated carbocycles. The minimum Gasteiger partial charge on any atom is -0.352 e. The number of halogens is 1. The molecule has 0 unspecified atom stereocenters. The highest BCUT2D eigenvalue weighted by Crippen LogP contribution is 2.35. The number of carbonyl (C=O) groups is 1. The van der Waals surface area contributed by atoms with Crippen molar-refractivity contribution in [3.05, 3.63) is 78.8 Å². The number of carbonyl (C=O) groups excluding carboxylic acids is 1. The maximum absolute atomic E-state index is 14.6. The number of sulfone groups is 1. The fraction of sp³-hybridized carbons (Fsp3) is 0.219. The molecule has 5 heterocycles. The summed E-state index contributed by atoms with van der Waals surface area (Å²) in [7, 11) is -3.19. The van der Waals surface area contributed by atoms with Crippen molar-refractivity contribution < 1.29 is 17.6 Å². The molecule has 0 aliphatic rings. The molecule has 10 nitrogen and oxygen atoms in total. The van der Waals surface area contributed by atoms with E-state index in [1.807, 2.05) is 32.0 Å². The Morgan fingerprint density at radius 2 is 1.73 bits per heavy atom. The number of pyridine rings is 3. The van der Waals surface area contributed by atoms with Crippen LogP contribution in [0.3, 0.4) is 0 Å². The first kappa shape index (κ1) is 29.1. The molecule has 224 valence electrons. The highest BCUT2D eigenvalue weighted by Gasteiger charge is 2.16. The van der Waals surface area contributed by atoms with Crippen LogP contribution in [0.4, 0.5) is 10.1 Å². The van der Waals surface area contributed by atoms with Crippen molar-refractivity contribution in [3.63, 3.8) is 0 Å². The van der Waals surface area contributed by atoms with Crippen molar-refractivity contribution in [2.75, 3.05) is 17.3 Å². The van der Waals surface area contributed by atoms with Gasteiger partial charge in [0, 0.05) is 58.7 Å². The van der Waals surface area contributed by atoms with Crippen LogP contribution < -0.4 is 5.32 Å². The van der Waals surface area contributed by atoms with Crippen molar-refractivity contribution >= 4 is 43.4 Å². The number of anilines is 1. The largest absolute Gasteiger partial charge is 0.352 e. The van der Waals surface area contributed by atoms with Gasteiger partial charge in [-0.15, -0.1) is 0 Å². The number of fused-ring (bicyclic) bond motifs is 2. The van der Waals surface area contributed by atoms with E-state index in [1.165, 1.54) is 18.4 Å². The fourth-order valence-corrected chi connectivity index (χ4v) is 5.79. The minimum absolute atomic E-state index is 0.0668. The van der Waals surface area contributed by atoms with Crippen molar-refractivity contribution in [1.82, 2.24) is 30.1 Å². The Morgan fingerprint density at radius 3 is 2.52 bits per heavy atom. The zero-order valence-corrected chi connectivity index (χ0v) is 25.2. The maximum atomic E-state index is 14.6. The van der Waals surface area contributed by atoms with Crippen LogP contribution in [0.2, 0.25) is 0 Å². The summed E-state index contributed by atoms with van der Waals surface area (Å²) in [4.78, 5) is 28.9. The maximum Gasteiger partial charge on any atom is 0.224 e. The fourth-order valence-electron chi connectivity index (χ4n) is 5.18. The average molecular weight is 612 g/mol. The minimum atomic E-state index is -3.19. The molecule has 0 aliphatic heterocycles. The SMILES string of the molecule is CC(C)CC(=O)Nc1cncc(-c2cnc3n[nH]c(-c4cc5c(-c6cc(F)cc(CCS(C)(=O)=O)c6)cncc5[nH]4)c3c2)c1. The van der Waals surface area contributed by atoms with Crippen LogP contribution in [-0.2, 0) is 21.1 Å². The van der Waals surface area contributed by atoms with Gasteiger partial charge in [-0.2, -0.15) is 5.10 Å². The summed E-state index contributed by atoms with van der Waals surface area (Å²) in [5.41, 5.74) is 6.79.